The molecule has 0 bridgehead atoms. The molecule has 6 nitrogen and oxygen atoms in total. The molecule has 0 fully saturated rings. The van der Waals surface area contributed by atoms with Gasteiger partial charge in [0.1, 0.15) is 11.9 Å². The Hall–Kier alpha value is -2.34. The van der Waals surface area contributed by atoms with E-state index in [4.69, 9.17) is 16.3 Å². The molecule has 0 unspecified atom stereocenters. The molecule has 25 heavy (non-hydrogen) atoms. The number of allylic oxidation sites excluding steroid dienone is 1. The van der Waals surface area contributed by atoms with Gasteiger partial charge < -0.3 is 10.1 Å². The van der Waals surface area contributed by atoms with Gasteiger partial charge in [-0.25, -0.2) is 9.48 Å². The minimum absolute atomic E-state index is 0.313. The van der Waals surface area contributed by atoms with Gasteiger partial charge in [0, 0.05) is 10.7 Å². The summed E-state index contributed by atoms with van der Waals surface area (Å²) in [6.07, 6.45) is 1.61. The van der Waals surface area contributed by atoms with Gasteiger partial charge in [-0.2, -0.15) is 10.1 Å². The van der Waals surface area contributed by atoms with Gasteiger partial charge in [-0.1, -0.05) is 37.1 Å². The highest BCUT2D eigenvalue weighted by Crippen LogP contribution is 2.37. The summed E-state index contributed by atoms with van der Waals surface area (Å²) in [6, 6.07) is 7.04. The van der Waals surface area contributed by atoms with E-state index in [9.17, 15) is 4.79 Å². The number of anilines is 1. The number of fused-ring (bicyclic) bond motifs is 1. The molecule has 1 aliphatic heterocycles. The number of carbonyl (C=O) groups excluding carboxylic acids is 1. The van der Waals surface area contributed by atoms with E-state index in [-0.39, 0.29) is 5.97 Å². The van der Waals surface area contributed by atoms with Crippen LogP contribution in [0.15, 0.2) is 35.5 Å². The third-order valence-corrected chi connectivity index (χ3v) is 4.24. The average molecular weight is 361 g/mol. The summed E-state index contributed by atoms with van der Waals surface area (Å²) in [6.45, 7) is 6.00. The highest BCUT2D eigenvalue weighted by atomic mass is 35.5. The second-order valence-corrected chi connectivity index (χ2v) is 6.31. The third kappa shape index (κ3) is 3.39. The van der Waals surface area contributed by atoms with Gasteiger partial charge in [0.15, 0.2) is 0 Å². The molecular weight excluding hydrogens is 340 g/mol. The van der Waals surface area contributed by atoms with Crippen LogP contribution < -0.4 is 5.32 Å². The normalized spacial score (nSPS) is 16.4. The third-order valence-electron chi connectivity index (χ3n) is 4.00. The van der Waals surface area contributed by atoms with E-state index in [2.05, 4.69) is 22.3 Å². The number of esters is 1. The van der Waals surface area contributed by atoms with Crippen molar-refractivity contribution in [2.24, 2.45) is 0 Å². The van der Waals surface area contributed by atoms with Crippen molar-refractivity contribution in [3.63, 3.8) is 0 Å². The van der Waals surface area contributed by atoms with Crippen molar-refractivity contribution < 1.29 is 9.53 Å². The number of nitrogens with zero attached hydrogens (tertiary/aromatic N) is 3. The summed E-state index contributed by atoms with van der Waals surface area (Å²) in [4.78, 5) is 17.2. The highest BCUT2D eigenvalue weighted by molar-refractivity contribution is 6.30. The van der Waals surface area contributed by atoms with Crippen LogP contribution in [-0.2, 0) is 9.53 Å². The number of hydrogen-bond acceptors (Lipinski definition) is 5. The molecule has 2 heterocycles. The fraction of sp³-hybridized carbons (Fsp3) is 0.389. The van der Waals surface area contributed by atoms with Gasteiger partial charge in [0.05, 0.1) is 12.2 Å². The first-order valence-corrected chi connectivity index (χ1v) is 8.78. The predicted octanol–water partition coefficient (Wildman–Crippen LogP) is 3.87. The Morgan fingerprint density at radius 1 is 1.40 bits per heavy atom. The molecule has 1 aliphatic rings. The molecule has 2 aromatic rings. The fourth-order valence-electron chi connectivity index (χ4n) is 3.06. The first-order chi connectivity index (χ1) is 12.0. The predicted molar refractivity (Wildman–Crippen MR) is 96.5 cm³/mol. The fourth-order valence-corrected chi connectivity index (χ4v) is 3.26. The van der Waals surface area contributed by atoms with E-state index >= 15 is 0 Å². The van der Waals surface area contributed by atoms with Gasteiger partial charge in [-0.15, -0.1) is 0 Å². The number of aromatic nitrogens is 3. The van der Waals surface area contributed by atoms with E-state index in [1.807, 2.05) is 25.1 Å². The minimum atomic E-state index is -0.420. The second kappa shape index (κ2) is 7.27. The topological polar surface area (TPSA) is 69.0 Å². The lowest BCUT2D eigenvalue weighted by molar-refractivity contribution is -0.139. The summed E-state index contributed by atoms with van der Waals surface area (Å²) in [5.41, 5.74) is 2.26. The quantitative estimate of drug-likeness (QED) is 0.819. The van der Waals surface area contributed by atoms with Gasteiger partial charge >= 0.3 is 5.97 Å². The smallest absolute Gasteiger partial charge is 0.338 e. The van der Waals surface area contributed by atoms with Gasteiger partial charge in [-0.05, 0) is 38.0 Å². The number of hydrogen-bond donors (Lipinski definition) is 1. The average Bonchev–Trinajstić information content (AvgIpc) is 2.93. The molecule has 7 heteroatoms. The Bertz CT molecular complexity index is 828. The van der Waals surface area contributed by atoms with E-state index in [0.29, 0.717) is 29.0 Å². The first-order valence-electron chi connectivity index (χ1n) is 8.41. The van der Waals surface area contributed by atoms with E-state index < -0.39 is 6.04 Å². The van der Waals surface area contributed by atoms with Crippen LogP contribution in [0.5, 0.6) is 0 Å². The number of aryl methyl sites for hydroxylation is 1. The first kappa shape index (κ1) is 17.5. The van der Waals surface area contributed by atoms with Crippen LogP contribution in [0.4, 0.5) is 5.95 Å². The van der Waals surface area contributed by atoms with Crippen LogP contribution in [-0.4, -0.2) is 27.3 Å². The number of carbonyl (C=O) groups is 1. The van der Waals surface area contributed by atoms with Crippen molar-refractivity contribution in [3.8, 4) is 0 Å². The molecule has 3 rings (SSSR count). The summed E-state index contributed by atoms with van der Waals surface area (Å²) in [5.74, 6) is 0.914. The van der Waals surface area contributed by atoms with Gasteiger partial charge in [0.2, 0.25) is 5.95 Å². The molecule has 0 aliphatic carbocycles. The monoisotopic (exact) mass is 360 g/mol. The van der Waals surface area contributed by atoms with Crippen molar-refractivity contribution in [3.05, 3.63) is 51.9 Å². The van der Waals surface area contributed by atoms with Crippen LogP contribution in [0.3, 0.4) is 0 Å². The molecule has 1 aromatic carbocycles. The van der Waals surface area contributed by atoms with E-state index in [0.717, 1.165) is 24.1 Å². The Morgan fingerprint density at radius 2 is 2.20 bits per heavy atom. The number of benzene rings is 1. The molecule has 132 valence electrons. The van der Waals surface area contributed by atoms with Crippen LogP contribution in [0.25, 0.3) is 0 Å². The van der Waals surface area contributed by atoms with Crippen LogP contribution in [0, 0.1) is 6.92 Å². The maximum absolute atomic E-state index is 12.8. The summed E-state index contributed by atoms with van der Waals surface area (Å²) in [5, 5.41) is 8.35. The maximum Gasteiger partial charge on any atom is 0.338 e. The minimum Gasteiger partial charge on any atom is -0.463 e. The van der Waals surface area contributed by atoms with Crippen molar-refractivity contribution in [1.82, 2.24) is 14.8 Å². The van der Waals surface area contributed by atoms with Crippen molar-refractivity contribution >= 4 is 23.5 Å². The number of halogens is 1. The molecule has 0 radical (unpaired) electrons. The van der Waals surface area contributed by atoms with Gasteiger partial charge in [-0.3, -0.25) is 0 Å². The molecule has 1 N–H and O–H groups in total. The van der Waals surface area contributed by atoms with Crippen molar-refractivity contribution in [2.75, 3.05) is 11.9 Å². The standard InChI is InChI=1S/C18H21ClN4O2/c1-4-7-14-15(17(24)25-5-2)16(12-8-6-9-13(19)10-12)23-18(21-14)20-11(3)22-23/h6,8-10,16H,4-5,7H2,1-3H3,(H,20,21,22)/t16-/m0/s1. The van der Waals surface area contributed by atoms with E-state index in [1.54, 1.807) is 17.7 Å². The lowest BCUT2D eigenvalue weighted by atomic mass is 9.94. The lowest BCUT2D eigenvalue weighted by Crippen LogP contribution is -2.30. The van der Waals surface area contributed by atoms with E-state index in [1.165, 1.54) is 0 Å². The van der Waals surface area contributed by atoms with Gasteiger partial charge in [0.25, 0.3) is 0 Å². The summed E-state index contributed by atoms with van der Waals surface area (Å²) < 4.78 is 7.06. The molecule has 0 spiro atoms. The summed E-state index contributed by atoms with van der Waals surface area (Å²) in [7, 11) is 0. The molecular formula is C18H21ClN4O2. The lowest BCUT2D eigenvalue weighted by Gasteiger charge is -2.29. The molecule has 0 saturated carbocycles. The number of rotatable bonds is 5. The summed E-state index contributed by atoms with van der Waals surface area (Å²) >= 11 is 6.19. The van der Waals surface area contributed by atoms with Crippen molar-refractivity contribution in [2.45, 2.75) is 39.7 Å². The number of nitrogens with one attached hydrogen (secondary N) is 1. The zero-order valence-electron chi connectivity index (χ0n) is 14.5. The number of ether oxygens (including phenoxy) is 1. The second-order valence-electron chi connectivity index (χ2n) is 5.87. The van der Waals surface area contributed by atoms with Crippen LogP contribution >= 0.6 is 11.6 Å². The molecule has 0 amide bonds. The Labute approximate surface area is 151 Å². The van der Waals surface area contributed by atoms with Crippen LogP contribution in [0.1, 0.15) is 44.1 Å². The highest BCUT2D eigenvalue weighted by Gasteiger charge is 2.35. The SMILES string of the molecule is CCCC1=C(C(=O)OCC)[C@H](c2cccc(Cl)c2)n2nc(C)nc2N1. The molecule has 0 saturated heterocycles. The molecule has 1 atom stereocenters. The Kier molecular flexibility index (Phi) is 5.08. The van der Waals surface area contributed by atoms with Crippen molar-refractivity contribution in [1.29, 1.82) is 0 Å². The Morgan fingerprint density at radius 3 is 2.88 bits per heavy atom. The molecule has 1 aromatic heterocycles. The van der Waals surface area contributed by atoms with Crippen LogP contribution in [0.2, 0.25) is 5.02 Å². The zero-order valence-corrected chi connectivity index (χ0v) is 15.3. The maximum atomic E-state index is 12.8. The largest absolute Gasteiger partial charge is 0.463 e. The Balaban J connectivity index is 2.20. The zero-order chi connectivity index (χ0) is 18.0.